The molecule has 0 aliphatic carbocycles. The van der Waals surface area contributed by atoms with Crippen molar-refractivity contribution >= 4 is 5.69 Å². The molecule has 1 N–H and O–H groups in total. The molecule has 0 aromatic heterocycles. The van der Waals surface area contributed by atoms with Crippen LogP contribution < -0.4 is 10.2 Å². The molecular weight excluding hydrogens is 260 g/mol. The van der Waals surface area contributed by atoms with Crippen LogP contribution in [-0.2, 0) is 11.3 Å². The maximum absolute atomic E-state index is 5.33. The van der Waals surface area contributed by atoms with E-state index in [9.17, 15) is 0 Å². The molecule has 3 nitrogen and oxygen atoms in total. The normalized spacial score (nSPS) is 19.0. The van der Waals surface area contributed by atoms with Crippen molar-refractivity contribution in [3.05, 3.63) is 29.3 Å². The van der Waals surface area contributed by atoms with Gasteiger partial charge in [-0.3, -0.25) is 0 Å². The van der Waals surface area contributed by atoms with Crippen LogP contribution in [0.4, 0.5) is 5.69 Å². The molecule has 0 spiro atoms. The van der Waals surface area contributed by atoms with Crippen molar-refractivity contribution in [3.8, 4) is 0 Å². The van der Waals surface area contributed by atoms with Gasteiger partial charge < -0.3 is 15.0 Å². The van der Waals surface area contributed by atoms with Crippen molar-refractivity contribution in [2.45, 2.75) is 39.7 Å². The van der Waals surface area contributed by atoms with Crippen LogP contribution in [0, 0.1) is 12.8 Å². The average Bonchev–Trinajstić information content (AvgIpc) is 2.50. The summed E-state index contributed by atoms with van der Waals surface area (Å²) >= 11 is 0. The third-order valence-corrected chi connectivity index (χ3v) is 4.35. The molecule has 1 aliphatic heterocycles. The molecule has 1 aliphatic rings. The molecule has 1 fully saturated rings. The highest BCUT2D eigenvalue weighted by molar-refractivity contribution is 5.51. The molecule has 0 amide bonds. The van der Waals surface area contributed by atoms with E-state index >= 15 is 0 Å². The van der Waals surface area contributed by atoms with E-state index in [1.54, 1.807) is 7.11 Å². The number of ether oxygens (including phenoxy) is 1. The van der Waals surface area contributed by atoms with E-state index in [1.165, 1.54) is 42.6 Å². The first-order valence-corrected chi connectivity index (χ1v) is 8.28. The van der Waals surface area contributed by atoms with Crippen LogP contribution in [0.15, 0.2) is 18.2 Å². The molecule has 0 saturated carbocycles. The summed E-state index contributed by atoms with van der Waals surface area (Å²) in [5.74, 6) is 0.676. The second-order valence-electron chi connectivity index (χ2n) is 6.20. The molecule has 2 rings (SSSR count). The van der Waals surface area contributed by atoms with Crippen molar-refractivity contribution in [3.63, 3.8) is 0 Å². The van der Waals surface area contributed by atoms with Gasteiger partial charge in [0.25, 0.3) is 0 Å². The summed E-state index contributed by atoms with van der Waals surface area (Å²) in [6.45, 7) is 9.68. The van der Waals surface area contributed by atoms with E-state index in [1.807, 2.05) is 0 Å². The van der Waals surface area contributed by atoms with E-state index in [-0.39, 0.29) is 0 Å². The largest absolute Gasteiger partial charge is 0.384 e. The molecule has 0 bridgehead atoms. The molecule has 1 unspecified atom stereocenters. The van der Waals surface area contributed by atoms with Gasteiger partial charge in [0.15, 0.2) is 0 Å². The third-order valence-electron chi connectivity index (χ3n) is 4.35. The number of benzene rings is 1. The van der Waals surface area contributed by atoms with Crippen LogP contribution in [0.25, 0.3) is 0 Å². The fourth-order valence-electron chi connectivity index (χ4n) is 3.15. The predicted molar refractivity (Wildman–Crippen MR) is 90.0 cm³/mol. The van der Waals surface area contributed by atoms with Crippen LogP contribution >= 0.6 is 0 Å². The number of hydrogen-bond acceptors (Lipinski definition) is 3. The smallest absolute Gasteiger partial charge is 0.0507 e. The predicted octanol–water partition coefficient (Wildman–Crippen LogP) is 3.36. The molecule has 1 saturated heterocycles. The number of nitrogens with one attached hydrogen (secondary N) is 1. The van der Waals surface area contributed by atoms with Gasteiger partial charge in [0, 0.05) is 32.4 Å². The van der Waals surface area contributed by atoms with Crippen LogP contribution in [0.5, 0.6) is 0 Å². The molecule has 1 aromatic rings. The highest BCUT2D eigenvalue weighted by Crippen LogP contribution is 2.25. The van der Waals surface area contributed by atoms with Crippen LogP contribution in [0.1, 0.15) is 37.3 Å². The summed E-state index contributed by atoms with van der Waals surface area (Å²) < 4.78 is 5.33. The minimum absolute atomic E-state index is 0.676. The first kappa shape index (κ1) is 16.3. The lowest BCUT2D eigenvalue weighted by molar-refractivity contribution is 0.143. The maximum atomic E-state index is 5.33. The lowest BCUT2D eigenvalue weighted by Crippen LogP contribution is -2.37. The summed E-state index contributed by atoms with van der Waals surface area (Å²) in [7, 11) is 1.81. The van der Waals surface area contributed by atoms with E-state index in [0.29, 0.717) is 5.92 Å². The molecule has 0 radical (unpaired) electrons. The number of anilines is 1. The van der Waals surface area contributed by atoms with Crippen molar-refractivity contribution in [1.29, 1.82) is 0 Å². The first-order chi connectivity index (χ1) is 10.2. The van der Waals surface area contributed by atoms with Gasteiger partial charge in [-0.2, -0.15) is 0 Å². The number of piperidine rings is 1. The SMILES string of the molecule is CCCNCc1ccc(N2CCCC(COC)C2)cc1C. The van der Waals surface area contributed by atoms with Gasteiger partial charge in [-0.05, 0) is 61.9 Å². The zero-order valence-electron chi connectivity index (χ0n) is 13.8. The molecule has 1 atom stereocenters. The summed E-state index contributed by atoms with van der Waals surface area (Å²) in [6, 6.07) is 6.91. The van der Waals surface area contributed by atoms with Crippen molar-refractivity contribution in [2.75, 3.05) is 38.3 Å². The summed E-state index contributed by atoms with van der Waals surface area (Å²) in [5.41, 5.74) is 4.18. The van der Waals surface area contributed by atoms with Crippen molar-refractivity contribution in [2.24, 2.45) is 5.92 Å². The quantitative estimate of drug-likeness (QED) is 0.779. The van der Waals surface area contributed by atoms with Crippen LogP contribution in [0.2, 0.25) is 0 Å². The highest BCUT2D eigenvalue weighted by Gasteiger charge is 2.20. The minimum atomic E-state index is 0.676. The number of nitrogens with zero attached hydrogens (tertiary/aromatic N) is 1. The Morgan fingerprint density at radius 3 is 2.95 bits per heavy atom. The van der Waals surface area contributed by atoms with Crippen molar-refractivity contribution in [1.82, 2.24) is 5.32 Å². The summed E-state index contributed by atoms with van der Waals surface area (Å²) in [4.78, 5) is 2.52. The van der Waals surface area contributed by atoms with Gasteiger partial charge >= 0.3 is 0 Å². The molecule has 21 heavy (non-hydrogen) atoms. The van der Waals surface area contributed by atoms with Gasteiger partial charge in [0.2, 0.25) is 0 Å². The average molecular weight is 290 g/mol. The Balaban J connectivity index is 1.98. The fraction of sp³-hybridized carbons (Fsp3) is 0.667. The lowest BCUT2D eigenvalue weighted by Gasteiger charge is -2.34. The minimum Gasteiger partial charge on any atom is -0.384 e. The number of aryl methyl sites for hydroxylation is 1. The second kappa shape index (κ2) is 8.40. The van der Waals surface area contributed by atoms with Crippen LogP contribution in [-0.4, -0.2) is 33.4 Å². The number of hydrogen-bond donors (Lipinski definition) is 1. The van der Waals surface area contributed by atoms with Crippen molar-refractivity contribution < 1.29 is 4.74 Å². The third kappa shape index (κ3) is 4.72. The van der Waals surface area contributed by atoms with Gasteiger partial charge in [-0.15, -0.1) is 0 Å². The monoisotopic (exact) mass is 290 g/mol. The second-order valence-corrected chi connectivity index (χ2v) is 6.20. The standard InChI is InChI=1S/C18H30N2O/c1-4-9-19-12-17-7-8-18(11-15(17)2)20-10-5-6-16(13-20)14-21-3/h7-8,11,16,19H,4-6,9-10,12-14H2,1-3H3. The first-order valence-electron chi connectivity index (χ1n) is 8.28. The highest BCUT2D eigenvalue weighted by atomic mass is 16.5. The Bertz CT molecular complexity index is 431. The molecule has 118 valence electrons. The Hall–Kier alpha value is -1.06. The van der Waals surface area contributed by atoms with E-state index < -0.39 is 0 Å². The summed E-state index contributed by atoms with van der Waals surface area (Å²) in [6.07, 6.45) is 3.75. The molecule has 1 aromatic carbocycles. The van der Waals surface area contributed by atoms with E-state index in [2.05, 4.69) is 42.3 Å². The fourth-order valence-corrected chi connectivity index (χ4v) is 3.15. The Kier molecular flexibility index (Phi) is 6.52. The van der Waals surface area contributed by atoms with Gasteiger partial charge in [-0.1, -0.05) is 13.0 Å². The summed E-state index contributed by atoms with van der Waals surface area (Å²) in [5, 5.41) is 3.48. The van der Waals surface area contributed by atoms with Gasteiger partial charge in [0.1, 0.15) is 0 Å². The zero-order valence-corrected chi connectivity index (χ0v) is 13.8. The molecular formula is C18H30N2O. The topological polar surface area (TPSA) is 24.5 Å². The number of rotatable bonds is 7. The Labute approximate surface area is 129 Å². The number of methoxy groups -OCH3 is 1. The molecule has 3 heteroatoms. The van der Waals surface area contributed by atoms with Gasteiger partial charge in [-0.25, -0.2) is 0 Å². The molecule has 1 heterocycles. The van der Waals surface area contributed by atoms with E-state index in [4.69, 9.17) is 4.74 Å². The van der Waals surface area contributed by atoms with Gasteiger partial charge in [0.05, 0.1) is 6.61 Å². The Morgan fingerprint density at radius 1 is 1.38 bits per heavy atom. The Morgan fingerprint density at radius 2 is 2.24 bits per heavy atom. The lowest BCUT2D eigenvalue weighted by atomic mass is 9.97. The van der Waals surface area contributed by atoms with E-state index in [0.717, 1.165) is 26.2 Å². The zero-order chi connectivity index (χ0) is 15.1. The maximum Gasteiger partial charge on any atom is 0.0507 e. The van der Waals surface area contributed by atoms with Crippen LogP contribution in [0.3, 0.4) is 0 Å².